The molecule has 0 fully saturated rings. The monoisotopic (exact) mass is 335 g/mol. The molecular formula is C15H14FN3O3S. The van der Waals surface area contributed by atoms with E-state index in [0.29, 0.717) is 0 Å². The number of hydrogen-bond donors (Lipinski definition) is 2. The third-order valence-electron chi connectivity index (χ3n) is 3.25. The van der Waals surface area contributed by atoms with Gasteiger partial charge in [-0.15, -0.1) is 0 Å². The second kappa shape index (κ2) is 5.98. The molecule has 0 bridgehead atoms. The first-order valence-electron chi connectivity index (χ1n) is 6.84. The van der Waals surface area contributed by atoms with Crippen molar-refractivity contribution in [3.05, 3.63) is 48.3 Å². The number of nitrogens with zero attached hydrogens (tertiary/aromatic N) is 1. The molecule has 0 unspecified atom stereocenters. The van der Waals surface area contributed by atoms with Crippen LogP contribution in [0.25, 0.3) is 10.9 Å². The predicted octanol–water partition coefficient (Wildman–Crippen LogP) is 1.87. The molecule has 23 heavy (non-hydrogen) atoms. The molecule has 0 spiro atoms. The normalized spacial score (nSPS) is 11.7. The molecule has 0 aliphatic carbocycles. The zero-order valence-corrected chi connectivity index (χ0v) is 12.8. The van der Waals surface area contributed by atoms with Crippen LogP contribution in [0.3, 0.4) is 0 Å². The van der Waals surface area contributed by atoms with E-state index in [4.69, 9.17) is 10.5 Å². The van der Waals surface area contributed by atoms with Crippen molar-refractivity contribution in [2.75, 3.05) is 13.2 Å². The molecule has 8 heteroatoms. The van der Waals surface area contributed by atoms with Gasteiger partial charge in [0.05, 0.1) is 4.90 Å². The first-order chi connectivity index (χ1) is 11.0. The summed E-state index contributed by atoms with van der Waals surface area (Å²) >= 11 is 0. The Labute approximate surface area is 132 Å². The van der Waals surface area contributed by atoms with Crippen LogP contribution < -0.4 is 10.5 Å². The van der Waals surface area contributed by atoms with Crippen LogP contribution in [0.2, 0.25) is 0 Å². The molecule has 0 aliphatic heterocycles. The van der Waals surface area contributed by atoms with E-state index >= 15 is 0 Å². The minimum atomic E-state index is -3.84. The minimum absolute atomic E-state index is 0.0965. The summed E-state index contributed by atoms with van der Waals surface area (Å²) in [6.45, 7) is 0.420. The molecule has 0 saturated carbocycles. The Morgan fingerprint density at radius 2 is 1.96 bits per heavy atom. The lowest BCUT2D eigenvalue weighted by Crippen LogP contribution is -2.10. The van der Waals surface area contributed by atoms with Gasteiger partial charge in [-0.1, -0.05) is 18.2 Å². The summed E-state index contributed by atoms with van der Waals surface area (Å²) < 4.78 is 44.5. The number of benzene rings is 2. The number of aromatic nitrogens is 2. The van der Waals surface area contributed by atoms with E-state index < -0.39 is 15.7 Å². The van der Waals surface area contributed by atoms with Gasteiger partial charge in [0.2, 0.25) is 9.84 Å². The van der Waals surface area contributed by atoms with Gasteiger partial charge in [0.1, 0.15) is 23.7 Å². The van der Waals surface area contributed by atoms with Crippen molar-refractivity contribution in [1.29, 1.82) is 0 Å². The fourth-order valence-electron chi connectivity index (χ4n) is 2.23. The van der Waals surface area contributed by atoms with E-state index in [1.165, 1.54) is 12.1 Å². The zero-order valence-electron chi connectivity index (χ0n) is 12.0. The Bertz CT molecular complexity index is 939. The summed E-state index contributed by atoms with van der Waals surface area (Å²) in [7, 11) is -3.84. The Balaban J connectivity index is 2.18. The van der Waals surface area contributed by atoms with E-state index in [9.17, 15) is 12.8 Å². The van der Waals surface area contributed by atoms with Gasteiger partial charge in [0.25, 0.3) is 0 Å². The van der Waals surface area contributed by atoms with Crippen LogP contribution in [0.4, 0.5) is 4.39 Å². The highest BCUT2D eigenvalue weighted by molar-refractivity contribution is 7.91. The van der Waals surface area contributed by atoms with Crippen LogP contribution in [0.15, 0.2) is 52.4 Å². The van der Waals surface area contributed by atoms with Gasteiger partial charge >= 0.3 is 0 Å². The number of ether oxygens (including phenoxy) is 1. The van der Waals surface area contributed by atoms with Crippen LogP contribution in [-0.2, 0) is 9.84 Å². The summed E-state index contributed by atoms with van der Waals surface area (Å²) in [5.74, 6) is -0.466. The Kier molecular flexibility index (Phi) is 4.01. The van der Waals surface area contributed by atoms with Gasteiger partial charge in [-0.05, 0) is 18.2 Å². The van der Waals surface area contributed by atoms with Crippen molar-refractivity contribution in [3.63, 3.8) is 0 Å². The molecule has 6 nitrogen and oxygen atoms in total. The van der Waals surface area contributed by atoms with Gasteiger partial charge in [0, 0.05) is 18.0 Å². The molecule has 0 atom stereocenters. The fraction of sp³-hybridized carbons (Fsp3) is 0.133. The van der Waals surface area contributed by atoms with E-state index in [-0.39, 0.29) is 39.7 Å². The molecule has 0 saturated heterocycles. The standard InChI is InChI=1S/C15H14FN3O3S/c16-10-8-12-14(13(9-10)22-7-6-17)18-19-15(12)23(20,21)11-4-2-1-3-5-11/h1-5,8-9H,6-7,17H2,(H,18,19). The molecule has 3 aromatic rings. The second-order valence-electron chi connectivity index (χ2n) is 4.81. The number of H-pyrrole nitrogens is 1. The Morgan fingerprint density at radius 3 is 2.65 bits per heavy atom. The van der Waals surface area contributed by atoms with Gasteiger partial charge in [-0.25, -0.2) is 12.8 Å². The maximum absolute atomic E-state index is 13.8. The number of nitrogens with two attached hydrogens (primary N) is 1. The highest BCUT2D eigenvalue weighted by Gasteiger charge is 2.24. The number of sulfone groups is 1. The molecule has 2 aromatic carbocycles. The summed E-state index contributed by atoms with van der Waals surface area (Å²) in [6, 6.07) is 10.1. The topological polar surface area (TPSA) is 98.1 Å². The summed E-state index contributed by atoms with van der Waals surface area (Å²) in [5.41, 5.74) is 5.61. The molecule has 120 valence electrons. The zero-order chi connectivity index (χ0) is 16.4. The highest BCUT2D eigenvalue weighted by atomic mass is 32.2. The number of halogens is 1. The molecule has 1 heterocycles. The quantitative estimate of drug-likeness (QED) is 0.742. The first-order valence-corrected chi connectivity index (χ1v) is 8.33. The van der Waals surface area contributed by atoms with Crippen LogP contribution in [0, 0.1) is 5.82 Å². The molecule has 0 radical (unpaired) electrons. The lowest BCUT2D eigenvalue weighted by atomic mass is 10.2. The number of fused-ring (bicyclic) bond motifs is 1. The third kappa shape index (κ3) is 2.78. The largest absolute Gasteiger partial charge is 0.490 e. The summed E-state index contributed by atoms with van der Waals surface area (Å²) in [4.78, 5) is 0.0965. The Hall–Kier alpha value is -2.45. The maximum atomic E-state index is 13.8. The smallest absolute Gasteiger partial charge is 0.223 e. The van der Waals surface area contributed by atoms with E-state index in [2.05, 4.69) is 10.2 Å². The number of nitrogens with one attached hydrogen (secondary N) is 1. The molecular weight excluding hydrogens is 321 g/mol. The van der Waals surface area contributed by atoms with Crippen molar-refractivity contribution < 1.29 is 17.5 Å². The molecule has 0 amide bonds. The van der Waals surface area contributed by atoms with Gasteiger partial charge in [-0.2, -0.15) is 5.10 Å². The van der Waals surface area contributed by atoms with Crippen LogP contribution in [0.1, 0.15) is 0 Å². The van der Waals surface area contributed by atoms with Crippen molar-refractivity contribution in [2.45, 2.75) is 9.92 Å². The van der Waals surface area contributed by atoms with E-state index in [1.807, 2.05) is 0 Å². The SMILES string of the molecule is NCCOc1cc(F)cc2c(S(=O)(=O)c3ccccc3)[nH]nc12. The van der Waals surface area contributed by atoms with Crippen molar-refractivity contribution in [3.8, 4) is 5.75 Å². The van der Waals surface area contributed by atoms with Crippen LogP contribution >= 0.6 is 0 Å². The molecule has 1 aromatic heterocycles. The van der Waals surface area contributed by atoms with Crippen molar-refractivity contribution in [2.24, 2.45) is 5.73 Å². The first kappa shape index (κ1) is 15.4. The van der Waals surface area contributed by atoms with Crippen LogP contribution in [-0.4, -0.2) is 31.8 Å². The molecule has 3 N–H and O–H groups in total. The van der Waals surface area contributed by atoms with E-state index in [0.717, 1.165) is 12.1 Å². The number of hydrogen-bond acceptors (Lipinski definition) is 5. The predicted molar refractivity (Wildman–Crippen MR) is 82.5 cm³/mol. The van der Waals surface area contributed by atoms with Gasteiger partial charge in [-0.3, -0.25) is 5.10 Å². The van der Waals surface area contributed by atoms with E-state index in [1.54, 1.807) is 18.2 Å². The average molecular weight is 335 g/mol. The third-order valence-corrected chi connectivity index (χ3v) is 4.99. The average Bonchev–Trinajstić information content (AvgIpc) is 2.98. The lowest BCUT2D eigenvalue weighted by molar-refractivity contribution is 0.330. The summed E-state index contributed by atoms with van der Waals surface area (Å²) in [6.07, 6.45) is 0. The van der Waals surface area contributed by atoms with Gasteiger partial charge < -0.3 is 10.5 Å². The molecule has 3 rings (SSSR count). The number of aromatic amines is 1. The summed E-state index contributed by atoms with van der Waals surface area (Å²) in [5, 5.41) is 6.42. The second-order valence-corrected chi connectivity index (χ2v) is 6.69. The Morgan fingerprint density at radius 1 is 1.22 bits per heavy atom. The van der Waals surface area contributed by atoms with Crippen molar-refractivity contribution >= 4 is 20.7 Å². The molecule has 0 aliphatic rings. The lowest BCUT2D eigenvalue weighted by Gasteiger charge is -2.06. The van der Waals surface area contributed by atoms with Crippen molar-refractivity contribution in [1.82, 2.24) is 10.2 Å². The fourth-order valence-corrected chi connectivity index (χ4v) is 3.59. The maximum Gasteiger partial charge on any atom is 0.223 e. The van der Waals surface area contributed by atoms with Gasteiger partial charge in [0.15, 0.2) is 5.03 Å². The van der Waals surface area contributed by atoms with Crippen LogP contribution in [0.5, 0.6) is 5.75 Å². The number of rotatable bonds is 5. The minimum Gasteiger partial charge on any atom is -0.490 e. The highest BCUT2D eigenvalue weighted by Crippen LogP contribution is 2.32.